The van der Waals surface area contributed by atoms with Crippen LogP contribution in [-0.2, 0) is 4.79 Å². The number of carboxylic acid groups (broad SMARTS) is 1. The fourth-order valence-corrected chi connectivity index (χ4v) is 1.90. The average Bonchev–Trinajstić information content (AvgIpc) is 2.13. The number of aliphatic carboxylic acids is 1. The summed E-state index contributed by atoms with van der Waals surface area (Å²) in [4.78, 5) is 14.4. The largest absolute Gasteiger partial charge is 0.479 e. The number of rotatable bonds is 3. The minimum Gasteiger partial charge on any atom is -0.479 e. The highest BCUT2D eigenvalue weighted by molar-refractivity contribution is 9.11. The molecule has 1 aromatic heterocycles. The molecule has 7 heteroatoms. The molecule has 1 atom stereocenters. The van der Waals surface area contributed by atoms with E-state index in [2.05, 4.69) is 36.8 Å². The third-order valence-electron chi connectivity index (χ3n) is 1.49. The molecular formula is C8H6Br2ClNO3. The zero-order valence-corrected chi connectivity index (χ0v) is 11.4. The minimum atomic E-state index is -1.07. The van der Waals surface area contributed by atoms with Gasteiger partial charge in [-0.05, 0) is 44.8 Å². The lowest BCUT2D eigenvalue weighted by Crippen LogP contribution is -2.23. The molecular weight excluding hydrogens is 353 g/mol. The summed E-state index contributed by atoms with van der Waals surface area (Å²) >= 11 is 12.1. The van der Waals surface area contributed by atoms with E-state index in [1.54, 1.807) is 6.07 Å². The molecule has 1 heterocycles. The number of hydrogen-bond acceptors (Lipinski definition) is 3. The van der Waals surface area contributed by atoms with Crippen molar-refractivity contribution in [3.05, 3.63) is 20.2 Å². The molecule has 0 radical (unpaired) electrons. The summed E-state index contributed by atoms with van der Waals surface area (Å²) in [6.07, 6.45) is -0.981. The Bertz CT molecular complexity index is 400. The summed E-state index contributed by atoms with van der Waals surface area (Å²) < 4.78 is 6.22. The topological polar surface area (TPSA) is 59.4 Å². The van der Waals surface area contributed by atoms with Crippen molar-refractivity contribution < 1.29 is 14.6 Å². The minimum absolute atomic E-state index is 0.151. The van der Waals surface area contributed by atoms with Gasteiger partial charge in [-0.15, -0.1) is 0 Å². The van der Waals surface area contributed by atoms with Crippen molar-refractivity contribution in [1.29, 1.82) is 0 Å². The van der Waals surface area contributed by atoms with Crippen LogP contribution < -0.4 is 4.74 Å². The number of aromatic nitrogens is 1. The average molecular weight is 359 g/mol. The van der Waals surface area contributed by atoms with E-state index < -0.39 is 12.1 Å². The zero-order chi connectivity index (χ0) is 11.6. The van der Waals surface area contributed by atoms with E-state index in [9.17, 15) is 4.79 Å². The summed E-state index contributed by atoms with van der Waals surface area (Å²) in [6, 6.07) is 1.64. The molecule has 0 aliphatic rings. The monoisotopic (exact) mass is 357 g/mol. The molecule has 1 N–H and O–H groups in total. The first-order valence-corrected chi connectivity index (χ1v) is 5.79. The van der Waals surface area contributed by atoms with Crippen molar-refractivity contribution >= 4 is 49.4 Å². The zero-order valence-electron chi connectivity index (χ0n) is 7.50. The molecule has 0 saturated heterocycles. The van der Waals surface area contributed by atoms with Gasteiger partial charge in [-0.1, -0.05) is 11.6 Å². The van der Waals surface area contributed by atoms with E-state index in [0.29, 0.717) is 8.95 Å². The smallest absolute Gasteiger partial charge is 0.344 e. The van der Waals surface area contributed by atoms with E-state index in [1.165, 1.54) is 6.92 Å². The Labute approximate surface area is 108 Å². The predicted octanol–water partition coefficient (Wildman–Crippen LogP) is 3.11. The number of halogens is 3. The Hall–Kier alpha value is -0.330. The molecule has 0 aromatic carbocycles. The van der Waals surface area contributed by atoms with Crippen molar-refractivity contribution in [3.63, 3.8) is 0 Å². The lowest BCUT2D eigenvalue weighted by Gasteiger charge is -2.11. The van der Waals surface area contributed by atoms with E-state index in [4.69, 9.17) is 21.4 Å². The fraction of sp³-hybridized carbons (Fsp3) is 0.250. The molecule has 0 saturated carbocycles. The summed E-state index contributed by atoms with van der Waals surface area (Å²) in [6.45, 7) is 1.41. The maximum atomic E-state index is 10.6. The number of ether oxygens (including phenoxy) is 1. The quantitative estimate of drug-likeness (QED) is 0.843. The number of carbonyl (C=O) groups is 1. The summed E-state index contributed by atoms with van der Waals surface area (Å²) in [7, 11) is 0. The Morgan fingerprint density at radius 3 is 2.73 bits per heavy atom. The van der Waals surface area contributed by atoms with Gasteiger partial charge in [0.05, 0.1) is 8.95 Å². The van der Waals surface area contributed by atoms with Gasteiger partial charge in [0.15, 0.2) is 6.10 Å². The van der Waals surface area contributed by atoms with Crippen LogP contribution in [0.3, 0.4) is 0 Å². The van der Waals surface area contributed by atoms with Gasteiger partial charge in [-0.25, -0.2) is 4.79 Å². The summed E-state index contributed by atoms with van der Waals surface area (Å²) in [5, 5.41) is 8.86. The molecule has 82 valence electrons. The standard InChI is InChI=1S/C8H6Br2ClNO3/c1-3(8(13)14)15-7-5(10)2-4(9)6(11)12-7/h2-3H,1H3,(H,13,14). The van der Waals surface area contributed by atoms with Crippen LogP contribution in [0.1, 0.15) is 6.92 Å². The molecule has 0 aliphatic carbocycles. The molecule has 0 aliphatic heterocycles. The molecule has 4 nitrogen and oxygen atoms in total. The molecule has 1 aromatic rings. The van der Waals surface area contributed by atoms with E-state index in [-0.39, 0.29) is 11.0 Å². The molecule has 1 rings (SSSR count). The highest BCUT2D eigenvalue weighted by Crippen LogP contribution is 2.31. The van der Waals surface area contributed by atoms with E-state index in [0.717, 1.165) is 0 Å². The number of nitrogens with zero attached hydrogens (tertiary/aromatic N) is 1. The second-order valence-corrected chi connectivity index (χ2v) is 4.71. The van der Waals surface area contributed by atoms with Gasteiger partial charge in [0.1, 0.15) is 5.15 Å². The molecule has 15 heavy (non-hydrogen) atoms. The van der Waals surface area contributed by atoms with Gasteiger partial charge >= 0.3 is 5.97 Å². The number of hydrogen-bond donors (Lipinski definition) is 1. The van der Waals surface area contributed by atoms with Gasteiger partial charge in [0.2, 0.25) is 5.88 Å². The Morgan fingerprint density at radius 1 is 1.60 bits per heavy atom. The molecule has 0 bridgehead atoms. The van der Waals surface area contributed by atoms with Crippen LogP contribution >= 0.6 is 43.5 Å². The summed E-state index contributed by atoms with van der Waals surface area (Å²) in [5.41, 5.74) is 0. The van der Waals surface area contributed by atoms with Crippen LogP contribution in [0.2, 0.25) is 5.15 Å². The van der Waals surface area contributed by atoms with Crippen molar-refractivity contribution in [1.82, 2.24) is 4.98 Å². The van der Waals surface area contributed by atoms with E-state index in [1.807, 2.05) is 0 Å². The van der Waals surface area contributed by atoms with Crippen LogP contribution in [0.25, 0.3) is 0 Å². The second-order valence-electron chi connectivity index (χ2n) is 2.65. The maximum absolute atomic E-state index is 10.6. The normalized spacial score (nSPS) is 12.3. The highest BCUT2D eigenvalue weighted by atomic mass is 79.9. The lowest BCUT2D eigenvalue weighted by atomic mass is 10.4. The first kappa shape index (κ1) is 12.7. The fourth-order valence-electron chi connectivity index (χ4n) is 0.729. The SMILES string of the molecule is CC(Oc1nc(Cl)c(Br)cc1Br)C(=O)O. The predicted molar refractivity (Wildman–Crippen MR) is 62.4 cm³/mol. The van der Waals surface area contributed by atoms with Crippen molar-refractivity contribution in [2.24, 2.45) is 0 Å². The molecule has 0 fully saturated rings. The third kappa shape index (κ3) is 3.32. The Morgan fingerprint density at radius 2 is 2.20 bits per heavy atom. The van der Waals surface area contributed by atoms with Crippen molar-refractivity contribution in [3.8, 4) is 5.88 Å². The molecule has 0 amide bonds. The van der Waals surface area contributed by atoms with Crippen LogP contribution in [0.4, 0.5) is 0 Å². The van der Waals surface area contributed by atoms with Gasteiger partial charge in [0.25, 0.3) is 0 Å². The number of pyridine rings is 1. The van der Waals surface area contributed by atoms with Crippen LogP contribution in [0, 0.1) is 0 Å². The molecule has 0 spiro atoms. The third-order valence-corrected chi connectivity index (χ3v) is 3.18. The van der Waals surface area contributed by atoms with Crippen LogP contribution in [0.15, 0.2) is 15.0 Å². The van der Waals surface area contributed by atoms with E-state index >= 15 is 0 Å². The van der Waals surface area contributed by atoms with Crippen LogP contribution in [-0.4, -0.2) is 22.2 Å². The second kappa shape index (κ2) is 5.14. The lowest BCUT2D eigenvalue weighted by molar-refractivity contribution is -0.144. The Balaban J connectivity index is 2.95. The van der Waals surface area contributed by atoms with Gasteiger partial charge in [-0.2, -0.15) is 4.98 Å². The molecule has 1 unspecified atom stereocenters. The summed E-state index contributed by atoms with van der Waals surface area (Å²) in [5.74, 6) is -0.916. The Kier molecular flexibility index (Phi) is 4.36. The van der Waals surface area contributed by atoms with Crippen molar-refractivity contribution in [2.45, 2.75) is 13.0 Å². The van der Waals surface area contributed by atoms with Crippen LogP contribution in [0.5, 0.6) is 5.88 Å². The number of carboxylic acids is 1. The van der Waals surface area contributed by atoms with Gasteiger partial charge in [-0.3, -0.25) is 0 Å². The van der Waals surface area contributed by atoms with Crippen molar-refractivity contribution in [2.75, 3.05) is 0 Å². The van der Waals surface area contributed by atoms with Gasteiger partial charge in [0, 0.05) is 0 Å². The highest BCUT2D eigenvalue weighted by Gasteiger charge is 2.16. The van der Waals surface area contributed by atoms with Gasteiger partial charge < -0.3 is 9.84 Å². The first-order valence-electron chi connectivity index (χ1n) is 3.83. The maximum Gasteiger partial charge on any atom is 0.344 e. The first-order chi connectivity index (χ1) is 6.91.